The normalized spacial score (nSPS) is 40.8. The molecule has 1 nitrogen and oxygen atoms in total. The zero-order chi connectivity index (χ0) is 8.55. The molecule has 12 heavy (non-hydrogen) atoms. The average Bonchev–Trinajstić information content (AvgIpc) is 2.57. The molecule has 1 aliphatic heterocycles. The molecule has 1 N–H and O–H groups in total. The lowest BCUT2D eigenvalue weighted by Crippen LogP contribution is -2.32. The molecule has 1 saturated carbocycles. The summed E-state index contributed by atoms with van der Waals surface area (Å²) in [7, 11) is 0. The first kappa shape index (κ1) is 8.75. The van der Waals surface area contributed by atoms with Crippen molar-refractivity contribution in [3.8, 4) is 0 Å². The van der Waals surface area contributed by atoms with E-state index in [-0.39, 0.29) is 12.0 Å². The molecule has 2 rings (SSSR count). The summed E-state index contributed by atoms with van der Waals surface area (Å²) < 4.78 is 24.2. The average molecular weight is 193 g/mol. The van der Waals surface area contributed by atoms with Gasteiger partial charge in [-0.1, -0.05) is 0 Å². The number of hydrogen-bond donors (Lipinski definition) is 1. The van der Waals surface area contributed by atoms with Crippen LogP contribution in [0.2, 0.25) is 0 Å². The fourth-order valence-corrected chi connectivity index (χ4v) is 2.82. The second kappa shape index (κ2) is 3.50. The molecule has 0 amide bonds. The molecule has 0 aromatic heterocycles. The van der Waals surface area contributed by atoms with Gasteiger partial charge in [0, 0.05) is 23.8 Å². The number of hydrogen-bond acceptors (Lipinski definition) is 2. The maximum Gasteiger partial charge on any atom is 0.242 e. The zero-order valence-electron chi connectivity index (χ0n) is 6.80. The summed E-state index contributed by atoms with van der Waals surface area (Å²) >= 11 is 1.91. The second-order valence-corrected chi connectivity index (χ2v) is 4.72. The van der Waals surface area contributed by atoms with Crippen molar-refractivity contribution >= 4 is 11.8 Å². The minimum atomic E-state index is -2.11. The SMILES string of the molecule is FC(F)[C@H]1C[C@@H]1NC1CCSC1. The summed E-state index contributed by atoms with van der Waals surface area (Å²) in [6.07, 6.45) is -0.285. The van der Waals surface area contributed by atoms with Crippen molar-refractivity contribution in [2.24, 2.45) is 5.92 Å². The Balaban J connectivity index is 1.68. The van der Waals surface area contributed by atoms with Crippen molar-refractivity contribution in [1.82, 2.24) is 5.32 Å². The minimum Gasteiger partial charge on any atom is -0.310 e. The van der Waals surface area contributed by atoms with Gasteiger partial charge in [0.2, 0.25) is 6.43 Å². The van der Waals surface area contributed by atoms with E-state index in [0.717, 1.165) is 12.2 Å². The fraction of sp³-hybridized carbons (Fsp3) is 1.00. The van der Waals surface area contributed by atoms with E-state index in [4.69, 9.17) is 0 Å². The minimum absolute atomic E-state index is 0.119. The molecule has 1 heterocycles. The molecular formula is C8H13F2NS. The standard InChI is InChI=1S/C8H13F2NS/c9-8(10)6-3-7(6)11-5-1-2-12-4-5/h5-8,11H,1-4H2/t5?,6-,7-/m0/s1. The predicted octanol–water partition coefficient (Wildman–Crippen LogP) is 1.74. The van der Waals surface area contributed by atoms with Crippen molar-refractivity contribution in [3.63, 3.8) is 0 Å². The highest BCUT2D eigenvalue weighted by atomic mass is 32.2. The molecule has 1 saturated heterocycles. The smallest absolute Gasteiger partial charge is 0.242 e. The molecule has 2 aliphatic rings. The summed E-state index contributed by atoms with van der Waals surface area (Å²) in [5, 5.41) is 3.28. The number of thioether (sulfide) groups is 1. The van der Waals surface area contributed by atoms with Gasteiger partial charge >= 0.3 is 0 Å². The molecule has 0 aromatic rings. The van der Waals surface area contributed by atoms with E-state index in [0.29, 0.717) is 12.5 Å². The topological polar surface area (TPSA) is 12.0 Å². The van der Waals surface area contributed by atoms with Gasteiger partial charge in [0.25, 0.3) is 0 Å². The fourth-order valence-electron chi connectivity index (χ4n) is 1.65. The Labute approximate surface area is 75.3 Å². The van der Waals surface area contributed by atoms with Crippen LogP contribution in [0.25, 0.3) is 0 Å². The van der Waals surface area contributed by atoms with Gasteiger partial charge in [-0.2, -0.15) is 11.8 Å². The Morgan fingerprint density at radius 3 is 2.75 bits per heavy atom. The van der Waals surface area contributed by atoms with Gasteiger partial charge in [0.05, 0.1) is 0 Å². The van der Waals surface area contributed by atoms with Gasteiger partial charge in [0.1, 0.15) is 0 Å². The molecule has 0 bridgehead atoms. The van der Waals surface area contributed by atoms with Crippen LogP contribution < -0.4 is 5.32 Å². The monoisotopic (exact) mass is 193 g/mol. The third kappa shape index (κ3) is 1.91. The van der Waals surface area contributed by atoms with Crippen LogP contribution in [-0.4, -0.2) is 30.0 Å². The first-order valence-electron chi connectivity index (χ1n) is 4.39. The van der Waals surface area contributed by atoms with Gasteiger partial charge < -0.3 is 5.32 Å². The Kier molecular flexibility index (Phi) is 2.55. The van der Waals surface area contributed by atoms with Crippen LogP contribution in [0.1, 0.15) is 12.8 Å². The molecule has 0 radical (unpaired) electrons. The first-order valence-corrected chi connectivity index (χ1v) is 5.55. The van der Waals surface area contributed by atoms with E-state index in [1.807, 2.05) is 11.8 Å². The van der Waals surface area contributed by atoms with Gasteiger partial charge in [-0.15, -0.1) is 0 Å². The highest BCUT2D eigenvalue weighted by molar-refractivity contribution is 7.99. The van der Waals surface area contributed by atoms with Crippen molar-refractivity contribution in [2.45, 2.75) is 31.4 Å². The number of nitrogens with one attached hydrogen (secondary N) is 1. The molecule has 0 spiro atoms. The van der Waals surface area contributed by atoms with E-state index in [1.165, 1.54) is 5.75 Å². The van der Waals surface area contributed by atoms with Crippen LogP contribution in [0.4, 0.5) is 8.78 Å². The molecule has 0 aromatic carbocycles. The quantitative estimate of drug-likeness (QED) is 0.732. The molecule has 3 atom stereocenters. The van der Waals surface area contributed by atoms with Gasteiger partial charge in [0.15, 0.2) is 0 Å². The molecule has 70 valence electrons. The largest absolute Gasteiger partial charge is 0.310 e. The Hall–Kier alpha value is 0.170. The van der Waals surface area contributed by atoms with Crippen LogP contribution >= 0.6 is 11.8 Å². The summed E-state index contributed by atoms with van der Waals surface area (Å²) in [6.45, 7) is 0. The maximum absolute atomic E-state index is 12.1. The lowest BCUT2D eigenvalue weighted by molar-refractivity contribution is 0.118. The molecule has 4 heteroatoms. The van der Waals surface area contributed by atoms with Crippen molar-refractivity contribution in [3.05, 3.63) is 0 Å². The Morgan fingerprint density at radius 1 is 1.42 bits per heavy atom. The van der Waals surface area contributed by atoms with Crippen LogP contribution in [-0.2, 0) is 0 Å². The highest BCUT2D eigenvalue weighted by Gasteiger charge is 2.44. The van der Waals surface area contributed by atoms with Gasteiger partial charge in [-0.25, -0.2) is 8.78 Å². The first-order chi connectivity index (χ1) is 5.77. The highest BCUT2D eigenvalue weighted by Crippen LogP contribution is 2.37. The van der Waals surface area contributed by atoms with E-state index in [1.54, 1.807) is 0 Å². The van der Waals surface area contributed by atoms with Gasteiger partial charge in [-0.05, 0) is 18.6 Å². The summed E-state index contributed by atoms with van der Waals surface area (Å²) in [4.78, 5) is 0. The van der Waals surface area contributed by atoms with E-state index >= 15 is 0 Å². The van der Waals surface area contributed by atoms with Crippen LogP contribution in [0, 0.1) is 5.92 Å². The predicted molar refractivity (Wildman–Crippen MR) is 46.8 cm³/mol. The third-order valence-corrected chi connectivity index (χ3v) is 3.71. The second-order valence-electron chi connectivity index (χ2n) is 3.57. The molecule has 1 aliphatic carbocycles. The summed E-state index contributed by atoms with van der Waals surface area (Å²) in [5.41, 5.74) is 0. The van der Waals surface area contributed by atoms with Crippen LogP contribution in [0.5, 0.6) is 0 Å². The lowest BCUT2D eigenvalue weighted by Gasteiger charge is -2.09. The maximum atomic E-state index is 12.1. The number of rotatable bonds is 3. The van der Waals surface area contributed by atoms with Crippen molar-refractivity contribution in [1.29, 1.82) is 0 Å². The van der Waals surface area contributed by atoms with Crippen molar-refractivity contribution in [2.75, 3.05) is 11.5 Å². The van der Waals surface area contributed by atoms with Crippen LogP contribution in [0.3, 0.4) is 0 Å². The Morgan fingerprint density at radius 2 is 2.25 bits per heavy atom. The summed E-state index contributed by atoms with van der Waals surface area (Å²) in [5.74, 6) is 1.94. The zero-order valence-corrected chi connectivity index (χ0v) is 7.62. The third-order valence-electron chi connectivity index (χ3n) is 2.54. The lowest BCUT2D eigenvalue weighted by atomic mass is 10.2. The molecule has 2 fully saturated rings. The van der Waals surface area contributed by atoms with Crippen LogP contribution in [0.15, 0.2) is 0 Å². The van der Waals surface area contributed by atoms with Gasteiger partial charge in [-0.3, -0.25) is 0 Å². The number of halogens is 2. The van der Waals surface area contributed by atoms with E-state index in [9.17, 15) is 8.78 Å². The molecule has 1 unspecified atom stereocenters. The van der Waals surface area contributed by atoms with E-state index in [2.05, 4.69) is 5.32 Å². The summed E-state index contributed by atoms with van der Waals surface area (Å²) in [6, 6.07) is 0.623. The van der Waals surface area contributed by atoms with E-state index < -0.39 is 6.43 Å². The molecular weight excluding hydrogens is 180 g/mol. The van der Waals surface area contributed by atoms with Crippen molar-refractivity contribution < 1.29 is 8.78 Å². The Bertz CT molecular complexity index is 159. The number of alkyl halides is 2.